The van der Waals surface area contributed by atoms with E-state index in [4.69, 9.17) is 0 Å². The van der Waals surface area contributed by atoms with Gasteiger partial charge >= 0.3 is 0 Å². The fourth-order valence-electron chi connectivity index (χ4n) is 3.26. The van der Waals surface area contributed by atoms with Crippen molar-refractivity contribution < 1.29 is 13.2 Å². The number of hydrogen-bond donors (Lipinski definition) is 0. The van der Waals surface area contributed by atoms with Crippen molar-refractivity contribution in [3.05, 3.63) is 71.4 Å². The van der Waals surface area contributed by atoms with Crippen LogP contribution >= 0.6 is 0 Å². The Morgan fingerprint density at radius 1 is 0.963 bits per heavy atom. The molecule has 0 unspecified atom stereocenters. The first kappa shape index (κ1) is 19.4. The highest BCUT2D eigenvalue weighted by atomic mass is 32.2. The van der Waals surface area contributed by atoms with Crippen LogP contribution in [0.1, 0.15) is 54.9 Å². The van der Waals surface area contributed by atoms with E-state index in [-0.39, 0.29) is 16.4 Å². The number of hydrogen-bond acceptors (Lipinski definition) is 3. The second kappa shape index (κ2) is 8.09. The van der Waals surface area contributed by atoms with E-state index < -0.39 is 10.0 Å². The van der Waals surface area contributed by atoms with Crippen LogP contribution in [0, 0.1) is 6.92 Å². The molecule has 1 aliphatic heterocycles. The number of allylic oxidation sites excluding steroid dienone is 2. The molecule has 5 heteroatoms. The molecule has 2 aromatic carbocycles. The third-order valence-corrected chi connectivity index (χ3v) is 6.52. The summed E-state index contributed by atoms with van der Waals surface area (Å²) in [5.41, 5.74) is 2.10. The zero-order valence-electron chi connectivity index (χ0n) is 15.8. The lowest BCUT2D eigenvalue weighted by molar-refractivity contribution is 0.104. The van der Waals surface area contributed by atoms with Gasteiger partial charge in [0.1, 0.15) is 5.70 Å². The van der Waals surface area contributed by atoms with Crippen LogP contribution in [0.25, 0.3) is 0 Å². The van der Waals surface area contributed by atoms with E-state index in [0.717, 1.165) is 31.2 Å². The van der Waals surface area contributed by atoms with Gasteiger partial charge in [-0.25, -0.2) is 12.7 Å². The van der Waals surface area contributed by atoms with Gasteiger partial charge in [0.2, 0.25) is 5.78 Å². The molecule has 0 aliphatic carbocycles. The highest BCUT2D eigenvalue weighted by Gasteiger charge is 2.39. The summed E-state index contributed by atoms with van der Waals surface area (Å²) in [6.45, 7) is 4.05. The quantitative estimate of drug-likeness (QED) is 0.485. The van der Waals surface area contributed by atoms with Crippen LogP contribution in [0.2, 0.25) is 0 Å². The standard InChI is InChI=1S/C22H25NO3S/c1-3-4-5-6-7-12-21-22(24)19-10-8-9-11-20(19)23(21)27(25,26)18-15-13-17(2)14-16-18/h8-16H,3-7H2,1-2H3/b21-12-. The number of aryl methyl sites for hydroxylation is 1. The van der Waals surface area contributed by atoms with E-state index in [0.29, 0.717) is 17.7 Å². The van der Waals surface area contributed by atoms with Gasteiger partial charge in [-0.2, -0.15) is 0 Å². The van der Waals surface area contributed by atoms with Crippen molar-refractivity contribution >= 4 is 21.5 Å². The van der Waals surface area contributed by atoms with Crippen molar-refractivity contribution in [2.24, 2.45) is 0 Å². The van der Waals surface area contributed by atoms with E-state index in [1.807, 2.05) is 6.92 Å². The molecule has 0 saturated heterocycles. The molecule has 0 atom stereocenters. The third-order valence-electron chi connectivity index (χ3n) is 4.77. The second-order valence-corrected chi connectivity index (χ2v) is 8.65. The highest BCUT2D eigenvalue weighted by molar-refractivity contribution is 7.93. The van der Waals surface area contributed by atoms with E-state index in [9.17, 15) is 13.2 Å². The lowest BCUT2D eigenvalue weighted by Gasteiger charge is -2.20. The van der Waals surface area contributed by atoms with Crippen LogP contribution in [-0.4, -0.2) is 14.2 Å². The minimum Gasteiger partial charge on any atom is -0.287 e. The molecule has 1 heterocycles. The average molecular weight is 384 g/mol. The maximum absolute atomic E-state index is 13.3. The van der Waals surface area contributed by atoms with Gasteiger partial charge in [0, 0.05) is 5.56 Å². The molecule has 4 nitrogen and oxygen atoms in total. The van der Waals surface area contributed by atoms with Crippen LogP contribution in [0.3, 0.4) is 0 Å². The Bertz CT molecular complexity index is 959. The lowest BCUT2D eigenvalue weighted by Crippen LogP contribution is -2.29. The van der Waals surface area contributed by atoms with Crippen LogP contribution in [-0.2, 0) is 10.0 Å². The van der Waals surface area contributed by atoms with E-state index in [1.54, 1.807) is 54.6 Å². The molecular weight excluding hydrogens is 358 g/mol. The summed E-state index contributed by atoms with van der Waals surface area (Å²) in [6.07, 6.45) is 6.77. The van der Waals surface area contributed by atoms with Gasteiger partial charge < -0.3 is 0 Å². The van der Waals surface area contributed by atoms with Crippen molar-refractivity contribution in [3.8, 4) is 0 Å². The molecule has 0 bridgehead atoms. The fourth-order valence-corrected chi connectivity index (χ4v) is 4.79. The zero-order valence-corrected chi connectivity index (χ0v) is 16.6. The van der Waals surface area contributed by atoms with Gasteiger partial charge in [0.25, 0.3) is 10.0 Å². The zero-order chi connectivity index (χ0) is 19.4. The van der Waals surface area contributed by atoms with Gasteiger partial charge in [-0.05, 0) is 44.0 Å². The molecular formula is C22H25NO3S. The van der Waals surface area contributed by atoms with Gasteiger partial charge in [0.15, 0.2) is 0 Å². The van der Waals surface area contributed by atoms with Crippen molar-refractivity contribution in [1.29, 1.82) is 0 Å². The van der Waals surface area contributed by atoms with E-state index in [1.165, 1.54) is 4.31 Å². The Morgan fingerprint density at radius 3 is 2.37 bits per heavy atom. The summed E-state index contributed by atoms with van der Waals surface area (Å²) in [5, 5.41) is 0. The van der Waals surface area contributed by atoms with E-state index in [2.05, 4.69) is 6.92 Å². The minimum absolute atomic E-state index is 0.189. The number of unbranched alkanes of at least 4 members (excludes halogenated alkanes) is 4. The number of carbonyl (C=O) groups is 1. The Morgan fingerprint density at radius 2 is 1.67 bits per heavy atom. The molecule has 27 heavy (non-hydrogen) atoms. The predicted molar refractivity (Wildman–Crippen MR) is 108 cm³/mol. The summed E-state index contributed by atoms with van der Waals surface area (Å²) in [5.74, 6) is -0.225. The molecule has 0 amide bonds. The summed E-state index contributed by atoms with van der Waals surface area (Å²) in [7, 11) is -3.85. The molecule has 142 valence electrons. The molecule has 0 aromatic heterocycles. The van der Waals surface area contributed by atoms with Crippen molar-refractivity contribution in [2.75, 3.05) is 4.31 Å². The van der Waals surface area contributed by atoms with Crippen LogP contribution in [0.15, 0.2) is 65.2 Å². The van der Waals surface area contributed by atoms with Crippen LogP contribution < -0.4 is 4.31 Å². The largest absolute Gasteiger partial charge is 0.287 e. The maximum atomic E-state index is 13.3. The molecule has 2 aromatic rings. The fraction of sp³-hybridized carbons (Fsp3) is 0.318. The van der Waals surface area contributed by atoms with Crippen molar-refractivity contribution in [3.63, 3.8) is 0 Å². The Hall–Kier alpha value is -2.40. The number of fused-ring (bicyclic) bond motifs is 1. The monoisotopic (exact) mass is 383 g/mol. The number of nitrogens with zero attached hydrogens (tertiary/aromatic N) is 1. The normalized spacial score (nSPS) is 15.4. The summed E-state index contributed by atoms with van der Waals surface area (Å²) in [6, 6.07) is 13.6. The van der Waals surface area contributed by atoms with Gasteiger partial charge in [0.05, 0.1) is 10.6 Å². The number of carbonyl (C=O) groups excluding carboxylic acids is 1. The van der Waals surface area contributed by atoms with Crippen LogP contribution in [0.5, 0.6) is 0 Å². The Labute approximate surface area is 161 Å². The Kier molecular flexibility index (Phi) is 5.80. The minimum atomic E-state index is -3.85. The average Bonchev–Trinajstić information content (AvgIpc) is 2.95. The number of para-hydroxylation sites is 1. The van der Waals surface area contributed by atoms with Gasteiger partial charge in [-0.3, -0.25) is 4.79 Å². The van der Waals surface area contributed by atoms with E-state index >= 15 is 0 Å². The Balaban J connectivity index is 2.01. The highest BCUT2D eigenvalue weighted by Crippen LogP contribution is 2.39. The summed E-state index contributed by atoms with van der Waals surface area (Å²) in [4.78, 5) is 13.1. The number of Topliss-reactive ketones (excluding diaryl/α,β-unsaturated/α-hetero) is 1. The number of sulfonamides is 1. The maximum Gasteiger partial charge on any atom is 0.268 e. The molecule has 3 rings (SSSR count). The number of ketones is 1. The second-order valence-electron chi connectivity index (χ2n) is 6.87. The van der Waals surface area contributed by atoms with Crippen molar-refractivity contribution in [2.45, 2.75) is 50.8 Å². The molecule has 1 aliphatic rings. The van der Waals surface area contributed by atoms with Crippen molar-refractivity contribution in [1.82, 2.24) is 0 Å². The first-order valence-electron chi connectivity index (χ1n) is 9.42. The lowest BCUT2D eigenvalue weighted by atomic mass is 10.1. The van der Waals surface area contributed by atoms with Gasteiger partial charge in [-0.15, -0.1) is 0 Å². The topological polar surface area (TPSA) is 54.5 Å². The molecule has 0 N–H and O–H groups in total. The third kappa shape index (κ3) is 3.83. The first-order chi connectivity index (χ1) is 13.0. The molecule has 0 spiro atoms. The summed E-state index contributed by atoms with van der Waals surface area (Å²) < 4.78 is 27.9. The van der Waals surface area contributed by atoms with Gasteiger partial charge in [-0.1, -0.05) is 62.1 Å². The molecule has 0 saturated carbocycles. The summed E-state index contributed by atoms with van der Waals surface area (Å²) >= 11 is 0. The first-order valence-corrected chi connectivity index (χ1v) is 10.9. The predicted octanol–water partition coefficient (Wildman–Crippen LogP) is 5.24. The van der Waals surface area contributed by atoms with Crippen LogP contribution in [0.4, 0.5) is 5.69 Å². The smallest absolute Gasteiger partial charge is 0.268 e. The molecule has 0 radical (unpaired) electrons. The number of rotatable bonds is 7. The molecule has 0 fully saturated rings. The number of anilines is 1. The number of benzene rings is 2. The SMILES string of the molecule is CCCCCC/C=C1/C(=O)c2ccccc2N1S(=O)(=O)c1ccc(C)cc1.